The summed E-state index contributed by atoms with van der Waals surface area (Å²) in [4.78, 5) is 6.63. The van der Waals surface area contributed by atoms with E-state index in [1.807, 2.05) is 13.8 Å². The van der Waals surface area contributed by atoms with E-state index < -0.39 is 12.5 Å². The molecule has 10 heteroatoms. The second-order valence-electron chi connectivity index (χ2n) is 6.47. The summed E-state index contributed by atoms with van der Waals surface area (Å²) in [6, 6.07) is 5.17. The van der Waals surface area contributed by atoms with Gasteiger partial charge < -0.3 is 24.8 Å². The summed E-state index contributed by atoms with van der Waals surface area (Å²) in [5.41, 5.74) is 0.476. The van der Waals surface area contributed by atoms with Gasteiger partial charge in [-0.25, -0.2) is 0 Å². The van der Waals surface area contributed by atoms with Crippen LogP contribution in [0.5, 0.6) is 5.75 Å². The van der Waals surface area contributed by atoms with Gasteiger partial charge in [-0.05, 0) is 44.4 Å². The van der Waals surface area contributed by atoms with Gasteiger partial charge in [-0.15, -0.1) is 37.1 Å². The molecule has 1 aliphatic rings. The summed E-state index contributed by atoms with van der Waals surface area (Å²) < 4.78 is 46.1. The highest BCUT2D eigenvalue weighted by molar-refractivity contribution is 14.0. The third kappa shape index (κ3) is 8.95. The number of nitrogens with one attached hydrogen (secondary N) is 1. The number of aliphatic hydroxyl groups excluding tert-OH is 1. The average molecular weight is 531 g/mol. The number of hydrogen-bond donors (Lipinski definition) is 2. The van der Waals surface area contributed by atoms with Gasteiger partial charge in [-0.3, -0.25) is 4.99 Å². The third-order valence-electron chi connectivity index (χ3n) is 4.39. The molecule has 166 valence electrons. The zero-order valence-corrected chi connectivity index (χ0v) is 18.9. The van der Waals surface area contributed by atoms with E-state index in [9.17, 15) is 18.3 Å². The predicted octanol–water partition coefficient (Wildman–Crippen LogP) is 3.70. The zero-order valence-electron chi connectivity index (χ0n) is 16.6. The van der Waals surface area contributed by atoms with Gasteiger partial charge in [0.15, 0.2) is 5.96 Å². The number of guanidine groups is 1. The molecule has 1 unspecified atom stereocenters. The van der Waals surface area contributed by atoms with Crippen molar-refractivity contribution in [1.29, 1.82) is 0 Å². The van der Waals surface area contributed by atoms with Crippen LogP contribution in [0.15, 0.2) is 29.3 Å². The molecular formula is C19H29F3IN3O3. The van der Waals surface area contributed by atoms with E-state index in [4.69, 9.17) is 4.74 Å². The summed E-state index contributed by atoms with van der Waals surface area (Å²) >= 11 is 0. The Kier molecular flexibility index (Phi) is 11.0. The molecule has 1 atom stereocenters. The lowest BCUT2D eigenvalue weighted by Gasteiger charge is -2.34. The minimum atomic E-state index is -4.74. The van der Waals surface area contributed by atoms with Gasteiger partial charge in [0.1, 0.15) is 5.75 Å². The lowest BCUT2D eigenvalue weighted by molar-refractivity contribution is -0.274. The Labute approximate surface area is 186 Å². The first-order chi connectivity index (χ1) is 13.3. The van der Waals surface area contributed by atoms with Gasteiger partial charge in [-0.1, -0.05) is 12.1 Å². The fourth-order valence-electron chi connectivity index (χ4n) is 3.07. The first-order valence-corrected chi connectivity index (χ1v) is 9.51. The lowest BCUT2D eigenvalue weighted by Crippen LogP contribution is -2.47. The Bertz CT molecular complexity index is 621. The number of hydrogen-bond acceptors (Lipinski definition) is 4. The van der Waals surface area contributed by atoms with Gasteiger partial charge in [0.2, 0.25) is 0 Å². The Balaban J connectivity index is 0.00000420. The Morgan fingerprint density at radius 2 is 1.86 bits per heavy atom. The van der Waals surface area contributed by atoms with Crippen LogP contribution in [-0.4, -0.2) is 61.2 Å². The quantitative estimate of drug-likeness (QED) is 0.319. The third-order valence-corrected chi connectivity index (χ3v) is 4.39. The normalized spacial score (nSPS) is 16.9. The van der Waals surface area contributed by atoms with E-state index in [1.165, 1.54) is 24.3 Å². The molecule has 1 fully saturated rings. The van der Waals surface area contributed by atoms with Crippen LogP contribution in [0.25, 0.3) is 0 Å². The van der Waals surface area contributed by atoms with Crippen LogP contribution in [0.4, 0.5) is 13.2 Å². The maximum Gasteiger partial charge on any atom is 0.573 e. The number of nitrogens with zero attached hydrogens (tertiary/aromatic N) is 2. The topological polar surface area (TPSA) is 66.3 Å². The van der Waals surface area contributed by atoms with Crippen molar-refractivity contribution < 1.29 is 27.8 Å². The fraction of sp³-hybridized carbons (Fsp3) is 0.632. The molecule has 2 rings (SSSR count). The van der Waals surface area contributed by atoms with Crippen molar-refractivity contribution in [3.8, 4) is 5.75 Å². The number of benzene rings is 1. The van der Waals surface area contributed by atoms with Crippen LogP contribution < -0.4 is 10.1 Å². The lowest BCUT2D eigenvalue weighted by atomic mass is 10.1. The molecule has 29 heavy (non-hydrogen) atoms. The molecule has 0 spiro atoms. The van der Waals surface area contributed by atoms with Crippen molar-refractivity contribution in [3.63, 3.8) is 0 Å². The molecule has 0 radical (unpaired) electrons. The molecule has 0 bridgehead atoms. The van der Waals surface area contributed by atoms with Gasteiger partial charge >= 0.3 is 6.36 Å². The van der Waals surface area contributed by atoms with E-state index in [0.717, 1.165) is 25.9 Å². The van der Waals surface area contributed by atoms with Gasteiger partial charge in [0.05, 0.1) is 18.8 Å². The van der Waals surface area contributed by atoms with E-state index in [0.29, 0.717) is 24.7 Å². The fourth-order valence-corrected chi connectivity index (χ4v) is 3.07. The van der Waals surface area contributed by atoms with Crippen molar-refractivity contribution in [1.82, 2.24) is 10.2 Å². The molecular weight excluding hydrogens is 502 g/mol. The SMILES string of the molecule is CCNC(=NCC(O)c1ccc(OC(F)(F)F)cc1)N1CCC(OCC)CC1.I. The number of aliphatic hydroxyl groups is 1. The summed E-state index contributed by atoms with van der Waals surface area (Å²) in [7, 11) is 0. The van der Waals surface area contributed by atoms with Crippen LogP contribution in [0, 0.1) is 0 Å². The molecule has 1 aromatic carbocycles. The van der Waals surface area contributed by atoms with Gasteiger partial charge in [0, 0.05) is 26.2 Å². The minimum Gasteiger partial charge on any atom is -0.406 e. The van der Waals surface area contributed by atoms with Crippen molar-refractivity contribution in [2.75, 3.05) is 32.8 Å². The molecule has 6 nitrogen and oxygen atoms in total. The van der Waals surface area contributed by atoms with E-state index in [-0.39, 0.29) is 42.4 Å². The standard InChI is InChI=1S/C19H28F3N3O3.HI/c1-3-23-18(25-11-9-15(10-12-25)27-4-2)24-13-17(26)14-5-7-16(8-6-14)28-19(20,21)22;/h5-8,15,17,26H,3-4,9-13H2,1-2H3,(H,23,24);1H. The van der Waals surface area contributed by atoms with E-state index in [2.05, 4.69) is 19.9 Å². The van der Waals surface area contributed by atoms with Crippen molar-refractivity contribution in [2.45, 2.75) is 45.3 Å². The molecule has 1 aromatic rings. The zero-order chi connectivity index (χ0) is 20.6. The summed E-state index contributed by atoms with van der Waals surface area (Å²) in [5, 5.41) is 13.6. The maximum atomic E-state index is 12.2. The highest BCUT2D eigenvalue weighted by atomic mass is 127. The van der Waals surface area contributed by atoms with Crippen molar-refractivity contribution in [2.24, 2.45) is 4.99 Å². The molecule has 0 aliphatic carbocycles. The molecule has 0 amide bonds. The van der Waals surface area contributed by atoms with Crippen molar-refractivity contribution >= 4 is 29.9 Å². The Morgan fingerprint density at radius 3 is 2.38 bits per heavy atom. The number of likely N-dealkylation sites (tertiary alicyclic amines) is 1. The second-order valence-corrected chi connectivity index (χ2v) is 6.47. The average Bonchev–Trinajstić information content (AvgIpc) is 2.65. The highest BCUT2D eigenvalue weighted by Gasteiger charge is 2.31. The summed E-state index contributed by atoms with van der Waals surface area (Å²) in [6.07, 6.45) is -3.55. The molecule has 1 saturated heterocycles. The van der Waals surface area contributed by atoms with Gasteiger partial charge in [0.25, 0.3) is 0 Å². The second kappa shape index (κ2) is 12.4. The van der Waals surface area contributed by atoms with E-state index >= 15 is 0 Å². The molecule has 0 saturated carbocycles. The number of alkyl halides is 3. The largest absolute Gasteiger partial charge is 0.573 e. The van der Waals surface area contributed by atoms with Crippen molar-refractivity contribution in [3.05, 3.63) is 29.8 Å². The summed E-state index contributed by atoms with van der Waals surface area (Å²) in [6.45, 7) is 7.10. The smallest absolute Gasteiger partial charge is 0.406 e. The van der Waals surface area contributed by atoms with Crippen LogP contribution >= 0.6 is 24.0 Å². The Morgan fingerprint density at radius 1 is 1.24 bits per heavy atom. The van der Waals surface area contributed by atoms with Gasteiger partial charge in [-0.2, -0.15) is 0 Å². The highest BCUT2D eigenvalue weighted by Crippen LogP contribution is 2.24. The first-order valence-electron chi connectivity index (χ1n) is 9.51. The van der Waals surface area contributed by atoms with Crippen LogP contribution in [0.1, 0.15) is 38.4 Å². The molecule has 1 heterocycles. The number of piperidine rings is 1. The molecule has 2 N–H and O–H groups in total. The van der Waals surface area contributed by atoms with E-state index in [1.54, 1.807) is 0 Å². The summed E-state index contributed by atoms with van der Waals surface area (Å²) in [5.74, 6) is 0.394. The van der Waals surface area contributed by atoms with Crippen LogP contribution in [0.3, 0.4) is 0 Å². The first kappa shape index (κ1) is 25.8. The monoisotopic (exact) mass is 531 g/mol. The van der Waals surface area contributed by atoms with Crippen LogP contribution in [-0.2, 0) is 4.74 Å². The number of rotatable bonds is 7. The van der Waals surface area contributed by atoms with Crippen LogP contribution in [0.2, 0.25) is 0 Å². The maximum absolute atomic E-state index is 12.2. The predicted molar refractivity (Wildman–Crippen MR) is 116 cm³/mol. The Hall–Kier alpha value is -1.27. The number of halogens is 4. The number of aliphatic imine (C=N–C) groups is 1. The molecule has 0 aromatic heterocycles. The minimum absolute atomic E-state index is 0. The molecule has 1 aliphatic heterocycles. The number of ether oxygens (including phenoxy) is 2.